The van der Waals surface area contributed by atoms with Crippen molar-refractivity contribution in [2.45, 2.75) is 39.7 Å². The van der Waals surface area contributed by atoms with Crippen LogP contribution in [0.4, 0.5) is 0 Å². The molecule has 0 atom stereocenters. The summed E-state index contributed by atoms with van der Waals surface area (Å²) in [5, 5.41) is 2.90. The zero-order valence-corrected chi connectivity index (χ0v) is 12.9. The Morgan fingerprint density at radius 3 is 3.00 bits per heavy atom. The molecule has 114 valence electrons. The normalized spacial score (nSPS) is 11.2. The van der Waals surface area contributed by atoms with Crippen molar-refractivity contribution in [3.63, 3.8) is 0 Å². The fraction of sp³-hybridized carbons (Fsp3) is 0.500. The Kier molecular flexibility index (Phi) is 5.33. The molecule has 0 spiro atoms. The lowest BCUT2D eigenvalue weighted by molar-refractivity contribution is -0.120. The van der Waals surface area contributed by atoms with E-state index in [2.05, 4.69) is 10.3 Å². The average Bonchev–Trinajstić information content (AvgIpc) is 2.82. The summed E-state index contributed by atoms with van der Waals surface area (Å²) in [6.07, 6.45) is 5.23. The molecular formula is C16H23N3O2. The van der Waals surface area contributed by atoms with Gasteiger partial charge in [-0.25, -0.2) is 4.98 Å². The molecule has 0 radical (unpaired) electrons. The largest absolute Gasteiger partial charge is 0.379 e. The van der Waals surface area contributed by atoms with Crippen molar-refractivity contribution >= 4 is 11.6 Å². The number of imidazole rings is 1. The Bertz CT molecular complexity index is 605. The van der Waals surface area contributed by atoms with Gasteiger partial charge in [-0.05, 0) is 38.8 Å². The summed E-state index contributed by atoms with van der Waals surface area (Å²) < 4.78 is 7.38. The summed E-state index contributed by atoms with van der Waals surface area (Å²) in [6, 6.07) is 3.99. The Labute approximate surface area is 125 Å². The van der Waals surface area contributed by atoms with Gasteiger partial charge in [0.25, 0.3) is 0 Å². The molecule has 2 aromatic heterocycles. The molecule has 1 amide bonds. The maximum Gasteiger partial charge on any atom is 0.226 e. The number of aromatic nitrogens is 2. The fourth-order valence-electron chi connectivity index (χ4n) is 2.14. The quantitative estimate of drug-likeness (QED) is 0.794. The zero-order chi connectivity index (χ0) is 15.2. The van der Waals surface area contributed by atoms with Gasteiger partial charge in [-0.2, -0.15) is 0 Å². The van der Waals surface area contributed by atoms with Crippen LogP contribution in [0.2, 0.25) is 0 Å². The highest BCUT2D eigenvalue weighted by Crippen LogP contribution is 2.10. The number of rotatable bonds is 7. The van der Waals surface area contributed by atoms with Crippen LogP contribution >= 0.6 is 0 Å². The minimum absolute atomic E-state index is 0.000561. The van der Waals surface area contributed by atoms with E-state index in [9.17, 15) is 4.79 Å². The number of nitrogens with one attached hydrogen (secondary N) is 1. The summed E-state index contributed by atoms with van der Waals surface area (Å²) >= 11 is 0. The molecule has 0 saturated carbocycles. The molecule has 0 aliphatic carbocycles. The van der Waals surface area contributed by atoms with Gasteiger partial charge < -0.3 is 14.5 Å². The molecule has 0 aliphatic rings. The van der Waals surface area contributed by atoms with Gasteiger partial charge in [0.1, 0.15) is 5.65 Å². The van der Waals surface area contributed by atoms with E-state index in [0.29, 0.717) is 19.6 Å². The number of nitrogens with zero attached hydrogens (tertiary/aromatic N) is 2. The molecule has 2 rings (SSSR count). The van der Waals surface area contributed by atoms with E-state index in [4.69, 9.17) is 4.74 Å². The molecule has 0 aliphatic heterocycles. The highest BCUT2D eigenvalue weighted by atomic mass is 16.5. The monoisotopic (exact) mass is 289 g/mol. The van der Waals surface area contributed by atoms with E-state index < -0.39 is 0 Å². The van der Waals surface area contributed by atoms with Gasteiger partial charge in [-0.1, -0.05) is 6.07 Å². The topological polar surface area (TPSA) is 55.6 Å². The lowest BCUT2D eigenvalue weighted by Gasteiger charge is -2.07. The second-order valence-electron chi connectivity index (χ2n) is 5.45. The number of amides is 1. The molecule has 1 N–H and O–H groups in total. The number of hydrogen-bond acceptors (Lipinski definition) is 3. The highest BCUT2D eigenvalue weighted by molar-refractivity contribution is 5.78. The molecule has 5 heteroatoms. The molecule has 0 saturated heterocycles. The Hall–Kier alpha value is -1.88. The van der Waals surface area contributed by atoms with Crippen LogP contribution in [0.1, 0.15) is 31.5 Å². The molecule has 0 aromatic carbocycles. The minimum Gasteiger partial charge on any atom is -0.379 e. The van der Waals surface area contributed by atoms with Crippen molar-refractivity contribution in [3.05, 3.63) is 35.8 Å². The summed E-state index contributed by atoms with van der Waals surface area (Å²) in [5.41, 5.74) is 2.81. The number of carbonyl (C=O) groups excluding carboxylic acids is 1. The maximum absolute atomic E-state index is 11.9. The second kappa shape index (κ2) is 7.22. The van der Waals surface area contributed by atoms with Crippen molar-refractivity contribution in [1.29, 1.82) is 0 Å². The third-order valence-corrected chi connectivity index (χ3v) is 3.16. The first-order chi connectivity index (χ1) is 10.1. The molecule has 0 fully saturated rings. The first kappa shape index (κ1) is 15.5. The minimum atomic E-state index is 0.000561. The van der Waals surface area contributed by atoms with Crippen molar-refractivity contribution in [1.82, 2.24) is 14.7 Å². The SMILES string of the molecule is Cc1cccn2cc(CC(=O)NCCCOC(C)C)nc12. The molecule has 0 unspecified atom stereocenters. The molecule has 2 heterocycles. The first-order valence-corrected chi connectivity index (χ1v) is 7.38. The standard InChI is InChI=1S/C16H23N3O2/c1-12(2)21-9-5-7-17-15(20)10-14-11-19-8-4-6-13(3)16(19)18-14/h4,6,8,11-12H,5,7,9-10H2,1-3H3,(H,17,20). The fourth-order valence-corrected chi connectivity index (χ4v) is 2.14. The Morgan fingerprint density at radius 2 is 2.29 bits per heavy atom. The van der Waals surface area contributed by atoms with E-state index in [1.807, 2.05) is 49.7 Å². The third-order valence-electron chi connectivity index (χ3n) is 3.16. The average molecular weight is 289 g/mol. The van der Waals surface area contributed by atoms with Crippen molar-refractivity contribution in [2.75, 3.05) is 13.2 Å². The van der Waals surface area contributed by atoms with E-state index in [1.54, 1.807) is 0 Å². The van der Waals surface area contributed by atoms with Gasteiger partial charge in [-0.3, -0.25) is 4.79 Å². The Balaban J connectivity index is 1.80. The lowest BCUT2D eigenvalue weighted by atomic mass is 10.3. The smallest absolute Gasteiger partial charge is 0.226 e. The number of carbonyl (C=O) groups is 1. The molecule has 2 aromatic rings. The van der Waals surface area contributed by atoms with Gasteiger partial charge in [-0.15, -0.1) is 0 Å². The molecule has 21 heavy (non-hydrogen) atoms. The maximum atomic E-state index is 11.9. The third kappa shape index (κ3) is 4.56. The van der Waals surface area contributed by atoms with Crippen LogP contribution in [0.15, 0.2) is 24.5 Å². The van der Waals surface area contributed by atoms with Gasteiger partial charge in [0.05, 0.1) is 18.2 Å². The van der Waals surface area contributed by atoms with E-state index in [0.717, 1.165) is 23.3 Å². The lowest BCUT2D eigenvalue weighted by Crippen LogP contribution is -2.27. The summed E-state index contributed by atoms with van der Waals surface area (Å²) in [7, 11) is 0. The summed E-state index contributed by atoms with van der Waals surface area (Å²) in [4.78, 5) is 16.4. The van der Waals surface area contributed by atoms with Crippen molar-refractivity contribution in [3.8, 4) is 0 Å². The number of aryl methyl sites for hydroxylation is 1. The van der Waals surface area contributed by atoms with Crippen LogP contribution in [0.25, 0.3) is 5.65 Å². The first-order valence-electron chi connectivity index (χ1n) is 7.38. The van der Waals surface area contributed by atoms with Crippen LogP contribution in [0.5, 0.6) is 0 Å². The van der Waals surface area contributed by atoms with E-state index >= 15 is 0 Å². The van der Waals surface area contributed by atoms with E-state index in [1.165, 1.54) is 0 Å². The van der Waals surface area contributed by atoms with Crippen LogP contribution in [0.3, 0.4) is 0 Å². The molecular weight excluding hydrogens is 266 g/mol. The van der Waals surface area contributed by atoms with Crippen LogP contribution < -0.4 is 5.32 Å². The van der Waals surface area contributed by atoms with Gasteiger partial charge in [0.2, 0.25) is 5.91 Å². The number of fused-ring (bicyclic) bond motifs is 1. The number of pyridine rings is 1. The predicted octanol–water partition coefficient (Wildman–Crippen LogP) is 2.12. The van der Waals surface area contributed by atoms with E-state index in [-0.39, 0.29) is 12.0 Å². The van der Waals surface area contributed by atoms with Crippen LogP contribution in [-0.4, -0.2) is 34.5 Å². The van der Waals surface area contributed by atoms with Crippen molar-refractivity contribution < 1.29 is 9.53 Å². The zero-order valence-electron chi connectivity index (χ0n) is 12.9. The summed E-state index contributed by atoms with van der Waals surface area (Å²) in [6.45, 7) is 7.33. The van der Waals surface area contributed by atoms with Gasteiger partial charge >= 0.3 is 0 Å². The molecule has 5 nitrogen and oxygen atoms in total. The van der Waals surface area contributed by atoms with Gasteiger partial charge in [0.15, 0.2) is 0 Å². The number of ether oxygens (including phenoxy) is 1. The Morgan fingerprint density at radius 1 is 1.48 bits per heavy atom. The van der Waals surface area contributed by atoms with Crippen LogP contribution in [0, 0.1) is 6.92 Å². The summed E-state index contributed by atoms with van der Waals surface area (Å²) in [5.74, 6) is 0.000561. The van der Waals surface area contributed by atoms with Crippen molar-refractivity contribution in [2.24, 2.45) is 0 Å². The number of hydrogen-bond donors (Lipinski definition) is 1. The second-order valence-corrected chi connectivity index (χ2v) is 5.45. The van der Waals surface area contributed by atoms with Crippen LogP contribution in [-0.2, 0) is 16.0 Å². The predicted molar refractivity (Wildman–Crippen MR) is 82.3 cm³/mol. The molecule has 0 bridgehead atoms. The van der Waals surface area contributed by atoms with Gasteiger partial charge in [0, 0.05) is 25.5 Å². The highest BCUT2D eigenvalue weighted by Gasteiger charge is 2.08.